The highest BCUT2D eigenvalue weighted by Crippen LogP contribution is 2.47. The lowest BCUT2D eigenvalue weighted by Gasteiger charge is -2.11. The smallest absolute Gasteiger partial charge is 0.261 e. The van der Waals surface area contributed by atoms with Crippen LogP contribution in [0.4, 0.5) is 0 Å². The standard InChI is InChI=1S/C17H16N6O/c1-17(7-8-17)13-9-19-20-23(13)14-15-21(2)16(24)11-5-3-4-6-12(11)22(15)10-18-14/h3-6,9-10H,7-8H2,1-2H3. The predicted octanol–water partition coefficient (Wildman–Crippen LogP) is 1.82. The van der Waals surface area contributed by atoms with Crippen LogP contribution in [0.2, 0.25) is 0 Å². The number of nitrogens with zero attached hydrogens (tertiary/aromatic N) is 6. The largest absolute Gasteiger partial charge is 0.294 e. The number of aryl methyl sites for hydroxylation is 1. The molecule has 0 saturated heterocycles. The molecule has 0 amide bonds. The molecule has 1 aliphatic carbocycles. The average molecular weight is 320 g/mol. The first-order valence-electron chi connectivity index (χ1n) is 7.96. The molecule has 3 heterocycles. The third-order valence-corrected chi connectivity index (χ3v) is 5.11. The molecule has 0 radical (unpaired) electrons. The maximum atomic E-state index is 12.7. The van der Waals surface area contributed by atoms with Crippen molar-refractivity contribution in [2.75, 3.05) is 0 Å². The normalized spacial score (nSPS) is 16.1. The van der Waals surface area contributed by atoms with Crippen molar-refractivity contribution in [1.82, 2.24) is 28.9 Å². The zero-order valence-corrected chi connectivity index (χ0v) is 13.5. The van der Waals surface area contributed by atoms with Gasteiger partial charge in [0.1, 0.15) is 6.33 Å². The van der Waals surface area contributed by atoms with Crippen molar-refractivity contribution in [1.29, 1.82) is 0 Å². The molecule has 0 spiro atoms. The van der Waals surface area contributed by atoms with E-state index in [1.807, 2.05) is 28.7 Å². The van der Waals surface area contributed by atoms with Crippen LogP contribution in [0.3, 0.4) is 0 Å². The Bertz CT molecular complexity index is 1160. The number of para-hydroxylation sites is 1. The molecule has 1 fully saturated rings. The van der Waals surface area contributed by atoms with Crippen LogP contribution in [0.25, 0.3) is 22.4 Å². The number of benzene rings is 1. The number of hydrogen-bond acceptors (Lipinski definition) is 4. The summed E-state index contributed by atoms with van der Waals surface area (Å²) in [6.45, 7) is 2.20. The van der Waals surface area contributed by atoms with Gasteiger partial charge in [0.05, 0.1) is 22.8 Å². The van der Waals surface area contributed by atoms with Crippen LogP contribution in [0.5, 0.6) is 0 Å². The monoisotopic (exact) mass is 320 g/mol. The third-order valence-electron chi connectivity index (χ3n) is 5.11. The number of imidazole rings is 1. The average Bonchev–Trinajstić information content (AvgIpc) is 3.04. The van der Waals surface area contributed by atoms with E-state index in [2.05, 4.69) is 22.2 Å². The van der Waals surface area contributed by atoms with Gasteiger partial charge in [0.25, 0.3) is 5.56 Å². The van der Waals surface area contributed by atoms with Gasteiger partial charge in [0.15, 0.2) is 11.5 Å². The molecule has 0 atom stereocenters. The highest BCUT2D eigenvalue weighted by atomic mass is 16.1. The molecule has 7 heteroatoms. The van der Waals surface area contributed by atoms with Gasteiger partial charge in [-0.05, 0) is 25.0 Å². The Hall–Kier alpha value is -2.96. The molecule has 4 aromatic rings. The molecular weight excluding hydrogens is 304 g/mol. The zero-order chi connectivity index (χ0) is 16.5. The minimum absolute atomic E-state index is 0.0425. The highest BCUT2D eigenvalue weighted by molar-refractivity contribution is 5.82. The van der Waals surface area contributed by atoms with Crippen LogP contribution in [-0.4, -0.2) is 28.9 Å². The number of fused-ring (bicyclic) bond motifs is 3. The Morgan fingerprint density at radius 1 is 1.21 bits per heavy atom. The molecule has 0 N–H and O–H groups in total. The van der Waals surface area contributed by atoms with Crippen LogP contribution in [0.1, 0.15) is 25.5 Å². The summed E-state index contributed by atoms with van der Waals surface area (Å²) in [5, 5.41) is 8.99. The first-order valence-corrected chi connectivity index (χ1v) is 7.96. The maximum Gasteiger partial charge on any atom is 0.261 e. The van der Waals surface area contributed by atoms with Gasteiger partial charge in [0.2, 0.25) is 0 Å². The van der Waals surface area contributed by atoms with Crippen molar-refractivity contribution >= 4 is 16.6 Å². The third kappa shape index (κ3) is 1.61. The van der Waals surface area contributed by atoms with E-state index in [1.165, 1.54) is 0 Å². The Morgan fingerprint density at radius 2 is 2.00 bits per heavy atom. The van der Waals surface area contributed by atoms with Gasteiger partial charge < -0.3 is 0 Å². The van der Waals surface area contributed by atoms with Crippen molar-refractivity contribution < 1.29 is 0 Å². The summed E-state index contributed by atoms with van der Waals surface area (Å²) in [5.41, 5.74) is 2.67. The minimum Gasteiger partial charge on any atom is -0.294 e. The SMILES string of the molecule is Cn1c(=O)c2ccccc2n2cnc(-n3nncc3C3(C)CC3)c12. The Kier molecular flexibility index (Phi) is 2.42. The lowest BCUT2D eigenvalue weighted by molar-refractivity contribution is 0.667. The van der Waals surface area contributed by atoms with E-state index in [-0.39, 0.29) is 11.0 Å². The second-order valence-corrected chi connectivity index (χ2v) is 6.73. The highest BCUT2D eigenvalue weighted by Gasteiger charge is 2.43. The number of aromatic nitrogens is 6. The Labute approximate surface area is 137 Å². The van der Waals surface area contributed by atoms with Crippen LogP contribution in [0.15, 0.2) is 41.6 Å². The fourth-order valence-corrected chi connectivity index (χ4v) is 3.36. The quantitative estimate of drug-likeness (QED) is 0.565. The van der Waals surface area contributed by atoms with Crippen molar-refractivity contribution in [3.63, 3.8) is 0 Å². The van der Waals surface area contributed by atoms with E-state index in [4.69, 9.17) is 0 Å². The number of hydrogen-bond donors (Lipinski definition) is 0. The summed E-state index contributed by atoms with van der Waals surface area (Å²) >= 11 is 0. The van der Waals surface area contributed by atoms with Crippen LogP contribution >= 0.6 is 0 Å². The van der Waals surface area contributed by atoms with Crippen molar-refractivity contribution in [2.24, 2.45) is 7.05 Å². The van der Waals surface area contributed by atoms with Crippen LogP contribution in [0, 0.1) is 0 Å². The fraction of sp³-hybridized carbons (Fsp3) is 0.294. The molecule has 5 rings (SSSR count). The number of rotatable bonds is 2. The first-order chi connectivity index (χ1) is 11.6. The minimum atomic E-state index is -0.0425. The van der Waals surface area contributed by atoms with Gasteiger partial charge in [-0.2, -0.15) is 4.68 Å². The molecule has 24 heavy (non-hydrogen) atoms. The fourth-order valence-electron chi connectivity index (χ4n) is 3.36. The second kappa shape index (κ2) is 4.31. The van der Waals surface area contributed by atoms with Gasteiger partial charge in [-0.1, -0.05) is 24.3 Å². The van der Waals surface area contributed by atoms with Crippen molar-refractivity contribution in [2.45, 2.75) is 25.2 Å². The lowest BCUT2D eigenvalue weighted by Crippen LogP contribution is -2.21. The topological polar surface area (TPSA) is 70.0 Å². The zero-order valence-electron chi connectivity index (χ0n) is 13.5. The molecule has 1 aromatic carbocycles. The van der Waals surface area contributed by atoms with Gasteiger partial charge in [-0.15, -0.1) is 5.10 Å². The Morgan fingerprint density at radius 3 is 2.79 bits per heavy atom. The van der Waals surface area contributed by atoms with E-state index in [0.717, 1.165) is 29.7 Å². The van der Waals surface area contributed by atoms with Crippen LogP contribution < -0.4 is 5.56 Å². The van der Waals surface area contributed by atoms with Gasteiger partial charge in [-0.3, -0.25) is 13.8 Å². The van der Waals surface area contributed by atoms with Crippen molar-refractivity contribution in [3.05, 3.63) is 52.8 Å². The summed E-state index contributed by atoms with van der Waals surface area (Å²) in [6.07, 6.45) is 5.78. The van der Waals surface area contributed by atoms with Gasteiger partial charge >= 0.3 is 0 Å². The van der Waals surface area contributed by atoms with E-state index in [9.17, 15) is 4.79 Å². The first kappa shape index (κ1) is 13.5. The van der Waals surface area contributed by atoms with E-state index in [1.54, 1.807) is 28.8 Å². The predicted molar refractivity (Wildman–Crippen MR) is 89.4 cm³/mol. The van der Waals surface area contributed by atoms with E-state index >= 15 is 0 Å². The molecule has 1 saturated carbocycles. The molecule has 0 bridgehead atoms. The molecule has 120 valence electrons. The lowest BCUT2D eigenvalue weighted by atomic mass is 10.1. The molecule has 0 aliphatic heterocycles. The summed E-state index contributed by atoms with van der Waals surface area (Å²) in [6, 6.07) is 7.56. The molecule has 0 unspecified atom stereocenters. The van der Waals surface area contributed by atoms with E-state index in [0.29, 0.717) is 11.2 Å². The summed E-state index contributed by atoms with van der Waals surface area (Å²) in [7, 11) is 1.77. The summed E-state index contributed by atoms with van der Waals surface area (Å²) in [5.74, 6) is 0.640. The molecule has 7 nitrogen and oxygen atoms in total. The summed E-state index contributed by atoms with van der Waals surface area (Å²) in [4.78, 5) is 17.3. The second-order valence-electron chi connectivity index (χ2n) is 6.73. The molecule has 3 aromatic heterocycles. The maximum absolute atomic E-state index is 12.7. The molecular formula is C17H16N6O. The summed E-state index contributed by atoms with van der Waals surface area (Å²) < 4.78 is 5.34. The van der Waals surface area contributed by atoms with Gasteiger partial charge in [0, 0.05) is 12.5 Å². The van der Waals surface area contributed by atoms with E-state index < -0.39 is 0 Å². The van der Waals surface area contributed by atoms with Gasteiger partial charge in [-0.25, -0.2) is 4.98 Å². The molecule has 1 aliphatic rings. The van der Waals surface area contributed by atoms with Crippen molar-refractivity contribution in [3.8, 4) is 5.82 Å². The van der Waals surface area contributed by atoms with Crippen LogP contribution in [-0.2, 0) is 12.5 Å². The Balaban J connectivity index is 1.89.